The lowest BCUT2D eigenvalue weighted by Gasteiger charge is -2.06. The van der Waals surface area contributed by atoms with Crippen LogP contribution in [0.1, 0.15) is 5.56 Å². The Labute approximate surface area is 166 Å². The standard InChI is InChI=1S/C20H18N4O5/c25-16(11-14-7-3-1-4-8-14)21-12-18(27)28-13-17(26)22-20-24-23-19(29-20)15-9-5-2-6-10-15/h1-10H,11-13H2,(H,21,25)(H,22,24,26). The first kappa shape index (κ1) is 19.7. The van der Waals surface area contributed by atoms with Crippen LogP contribution in [0.25, 0.3) is 11.5 Å². The molecule has 2 aromatic carbocycles. The fourth-order valence-corrected chi connectivity index (χ4v) is 2.34. The number of ether oxygens (including phenoxy) is 1. The van der Waals surface area contributed by atoms with E-state index in [4.69, 9.17) is 9.15 Å². The van der Waals surface area contributed by atoms with E-state index in [0.29, 0.717) is 5.56 Å². The van der Waals surface area contributed by atoms with E-state index in [1.807, 2.05) is 48.5 Å². The molecule has 1 heterocycles. The van der Waals surface area contributed by atoms with Gasteiger partial charge in [-0.25, -0.2) is 0 Å². The van der Waals surface area contributed by atoms with Crippen LogP contribution in [0, 0.1) is 0 Å². The van der Waals surface area contributed by atoms with Gasteiger partial charge in [-0.1, -0.05) is 53.6 Å². The van der Waals surface area contributed by atoms with Crippen LogP contribution in [-0.4, -0.2) is 41.1 Å². The molecule has 0 saturated carbocycles. The zero-order valence-electron chi connectivity index (χ0n) is 15.3. The molecule has 0 atom stereocenters. The third-order valence-electron chi connectivity index (χ3n) is 3.69. The number of carbonyl (C=O) groups excluding carboxylic acids is 3. The average molecular weight is 394 g/mol. The van der Waals surface area contributed by atoms with Gasteiger partial charge < -0.3 is 14.5 Å². The highest BCUT2D eigenvalue weighted by Crippen LogP contribution is 2.18. The van der Waals surface area contributed by atoms with Crippen LogP contribution in [0.3, 0.4) is 0 Å². The molecule has 148 valence electrons. The molecule has 0 aliphatic rings. The summed E-state index contributed by atoms with van der Waals surface area (Å²) in [6, 6.07) is 18.0. The highest BCUT2D eigenvalue weighted by Gasteiger charge is 2.13. The van der Waals surface area contributed by atoms with Gasteiger partial charge in [0.2, 0.25) is 11.8 Å². The van der Waals surface area contributed by atoms with Gasteiger partial charge in [-0.05, 0) is 17.7 Å². The van der Waals surface area contributed by atoms with Crippen molar-refractivity contribution in [1.29, 1.82) is 0 Å². The Morgan fingerprint density at radius 2 is 1.59 bits per heavy atom. The first-order valence-corrected chi connectivity index (χ1v) is 8.75. The normalized spacial score (nSPS) is 10.2. The Bertz CT molecular complexity index is 973. The van der Waals surface area contributed by atoms with Crippen molar-refractivity contribution in [2.24, 2.45) is 0 Å². The average Bonchev–Trinajstić information content (AvgIpc) is 3.20. The van der Waals surface area contributed by atoms with E-state index in [2.05, 4.69) is 20.8 Å². The molecule has 1 aromatic heterocycles. The minimum Gasteiger partial charge on any atom is -0.454 e. The van der Waals surface area contributed by atoms with Crippen LogP contribution in [0.2, 0.25) is 0 Å². The first-order valence-electron chi connectivity index (χ1n) is 8.75. The third kappa shape index (κ3) is 6.28. The maximum Gasteiger partial charge on any atom is 0.325 e. The SMILES string of the molecule is O=C(Cc1ccccc1)NCC(=O)OCC(=O)Nc1nnc(-c2ccccc2)o1. The maximum atomic E-state index is 11.8. The van der Waals surface area contributed by atoms with E-state index < -0.39 is 18.5 Å². The van der Waals surface area contributed by atoms with E-state index in [-0.39, 0.29) is 30.8 Å². The Kier molecular flexibility index (Phi) is 6.66. The third-order valence-corrected chi connectivity index (χ3v) is 3.69. The van der Waals surface area contributed by atoms with Crippen LogP contribution in [0.5, 0.6) is 0 Å². The van der Waals surface area contributed by atoms with E-state index in [0.717, 1.165) is 5.56 Å². The number of nitrogens with zero attached hydrogens (tertiary/aromatic N) is 2. The van der Waals surface area contributed by atoms with Crippen molar-refractivity contribution in [3.05, 3.63) is 66.2 Å². The van der Waals surface area contributed by atoms with Crippen LogP contribution in [0.4, 0.5) is 6.01 Å². The lowest BCUT2D eigenvalue weighted by atomic mass is 10.1. The van der Waals surface area contributed by atoms with Gasteiger partial charge in [0.25, 0.3) is 5.91 Å². The Morgan fingerprint density at radius 3 is 2.31 bits per heavy atom. The van der Waals surface area contributed by atoms with Crippen molar-refractivity contribution in [3.63, 3.8) is 0 Å². The number of aromatic nitrogens is 2. The number of hydrogen-bond acceptors (Lipinski definition) is 7. The van der Waals surface area contributed by atoms with Crippen molar-refractivity contribution in [2.75, 3.05) is 18.5 Å². The van der Waals surface area contributed by atoms with Crippen molar-refractivity contribution >= 4 is 23.8 Å². The lowest BCUT2D eigenvalue weighted by molar-refractivity contribution is -0.147. The van der Waals surface area contributed by atoms with Gasteiger partial charge in [-0.15, -0.1) is 5.10 Å². The molecule has 0 spiro atoms. The second-order valence-electron chi connectivity index (χ2n) is 5.93. The van der Waals surface area contributed by atoms with Gasteiger partial charge >= 0.3 is 12.0 Å². The van der Waals surface area contributed by atoms with Crippen molar-refractivity contribution in [2.45, 2.75) is 6.42 Å². The van der Waals surface area contributed by atoms with Gasteiger partial charge in [-0.3, -0.25) is 19.7 Å². The minimum absolute atomic E-state index is 0.110. The molecule has 0 fully saturated rings. The molecular weight excluding hydrogens is 376 g/mol. The molecule has 0 aliphatic heterocycles. The number of benzene rings is 2. The largest absolute Gasteiger partial charge is 0.454 e. The fraction of sp³-hybridized carbons (Fsp3) is 0.150. The molecule has 0 unspecified atom stereocenters. The first-order chi connectivity index (χ1) is 14.1. The Balaban J connectivity index is 1.37. The molecule has 29 heavy (non-hydrogen) atoms. The monoisotopic (exact) mass is 394 g/mol. The summed E-state index contributed by atoms with van der Waals surface area (Å²) in [5.41, 5.74) is 1.53. The zero-order chi connectivity index (χ0) is 20.5. The highest BCUT2D eigenvalue weighted by molar-refractivity contribution is 5.91. The molecule has 0 radical (unpaired) electrons. The second-order valence-corrected chi connectivity index (χ2v) is 5.93. The smallest absolute Gasteiger partial charge is 0.325 e. The molecule has 3 rings (SSSR count). The summed E-state index contributed by atoms with van der Waals surface area (Å²) in [7, 11) is 0. The Morgan fingerprint density at radius 1 is 0.897 bits per heavy atom. The van der Waals surface area contributed by atoms with Crippen LogP contribution >= 0.6 is 0 Å². The predicted molar refractivity (Wildman–Crippen MR) is 102 cm³/mol. The van der Waals surface area contributed by atoms with E-state index in [9.17, 15) is 14.4 Å². The van der Waals surface area contributed by atoms with Crippen LogP contribution in [0.15, 0.2) is 65.1 Å². The minimum atomic E-state index is -0.739. The molecule has 0 saturated heterocycles. The highest BCUT2D eigenvalue weighted by atomic mass is 16.5. The zero-order valence-corrected chi connectivity index (χ0v) is 15.3. The number of rotatable bonds is 8. The molecule has 9 heteroatoms. The number of nitrogens with one attached hydrogen (secondary N) is 2. The van der Waals surface area contributed by atoms with Gasteiger partial charge in [0.15, 0.2) is 6.61 Å². The van der Waals surface area contributed by atoms with Gasteiger partial charge in [0, 0.05) is 5.56 Å². The summed E-state index contributed by atoms with van der Waals surface area (Å²) < 4.78 is 10.1. The molecular formula is C20H18N4O5. The van der Waals surface area contributed by atoms with Crippen molar-refractivity contribution in [1.82, 2.24) is 15.5 Å². The van der Waals surface area contributed by atoms with Crippen LogP contribution < -0.4 is 10.6 Å². The summed E-state index contributed by atoms with van der Waals surface area (Å²) in [6.07, 6.45) is 0.148. The number of hydrogen-bond donors (Lipinski definition) is 2. The molecule has 3 aromatic rings. The molecule has 2 amide bonds. The lowest BCUT2D eigenvalue weighted by Crippen LogP contribution is -2.33. The Hall–Kier alpha value is -4.01. The van der Waals surface area contributed by atoms with Gasteiger partial charge in [0.05, 0.1) is 6.42 Å². The van der Waals surface area contributed by atoms with E-state index in [1.165, 1.54) is 0 Å². The van der Waals surface area contributed by atoms with Gasteiger partial charge in [0.1, 0.15) is 6.54 Å². The summed E-state index contributed by atoms with van der Waals surface area (Å²) in [5.74, 6) is -1.45. The number of amides is 2. The quantitative estimate of drug-likeness (QED) is 0.556. The predicted octanol–water partition coefficient (Wildman–Crippen LogP) is 1.58. The molecule has 9 nitrogen and oxygen atoms in total. The number of esters is 1. The molecule has 2 N–H and O–H groups in total. The maximum absolute atomic E-state index is 11.8. The van der Waals surface area contributed by atoms with Crippen molar-refractivity contribution < 1.29 is 23.5 Å². The summed E-state index contributed by atoms with van der Waals surface area (Å²) in [6.45, 7) is -0.881. The second kappa shape index (κ2) is 9.79. The summed E-state index contributed by atoms with van der Waals surface area (Å²) in [5, 5.41) is 12.3. The van der Waals surface area contributed by atoms with Crippen LogP contribution in [-0.2, 0) is 25.5 Å². The van der Waals surface area contributed by atoms with Crippen molar-refractivity contribution in [3.8, 4) is 11.5 Å². The van der Waals surface area contributed by atoms with E-state index >= 15 is 0 Å². The number of carbonyl (C=O) groups is 3. The summed E-state index contributed by atoms with van der Waals surface area (Å²) >= 11 is 0. The van der Waals surface area contributed by atoms with E-state index in [1.54, 1.807) is 12.1 Å². The topological polar surface area (TPSA) is 123 Å². The molecule has 0 bridgehead atoms. The molecule has 0 aliphatic carbocycles. The number of anilines is 1. The van der Waals surface area contributed by atoms with Gasteiger partial charge in [-0.2, -0.15) is 0 Å². The fourth-order valence-electron chi connectivity index (χ4n) is 2.34. The summed E-state index contributed by atoms with van der Waals surface area (Å²) in [4.78, 5) is 35.3.